The lowest BCUT2D eigenvalue weighted by Gasteiger charge is -2.18. The molecule has 0 N–H and O–H groups in total. The van der Waals surface area contributed by atoms with Gasteiger partial charge in [0.05, 0.1) is 0 Å². The minimum absolute atomic E-state index is 0.0852. The molecule has 444 valence electrons. The zero-order valence-corrected chi connectivity index (χ0v) is 50.9. The van der Waals surface area contributed by atoms with Crippen molar-refractivity contribution in [3.05, 3.63) is 122 Å². The van der Waals surface area contributed by atoms with E-state index in [1.165, 1.54) is 116 Å². The van der Waals surface area contributed by atoms with Crippen LogP contribution >= 0.6 is 0 Å². The van der Waals surface area contributed by atoms with Crippen molar-refractivity contribution in [3.8, 4) is 0 Å². The molecule has 0 aliphatic carbocycles. The number of hydrogen-bond donors (Lipinski definition) is 0. The molecule has 1 unspecified atom stereocenters. The van der Waals surface area contributed by atoms with Gasteiger partial charge in [0.25, 0.3) is 0 Å². The second kappa shape index (κ2) is 65.3. The van der Waals surface area contributed by atoms with Gasteiger partial charge in [0.2, 0.25) is 0 Å². The topological polar surface area (TPSA) is 78.9 Å². The lowest BCUT2D eigenvalue weighted by Crippen LogP contribution is -2.30. The Morgan fingerprint density at radius 2 is 0.500 bits per heavy atom. The van der Waals surface area contributed by atoms with Crippen LogP contribution in [0.5, 0.6) is 0 Å². The van der Waals surface area contributed by atoms with E-state index >= 15 is 0 Å². The van der Waals surface area contributed by atoms with Crippen LogP contribution in [0.2, 0.25) is 0 Å². The first-order valence-corrected chi connectivity index (χ1v) is 32.5. The Balaban J connectivity index is 4.25. The summed E-state index contributed by atoms with van der Waals surface area (Å²) >= 11 is 0. The van der Waals surface area contributed by atoms with Crippen molar-refractivity contribution in [1.29, 1.82) is 0 Å². The van der Waals surface area contributed by atoms with Crippen molar-refractivity contribution in [2.24, 2.45) is 0 Å². The van der Waals surface area contributed by atoms with Gasteiger partial charge in [0, 0.05) is 19.3 Å². The second-order valence-corrected chi connectivity index (χ2v) is 21.3. The van der Waals surface area contributed by atoms with E-state index in [-0.39, 0.29) is 31.1 Å². The SMILES string of the molecule is CC/C=C\C/C=C\C/C=C\C/C=C\C/C=C\C/C=C\C/C=C\C/C=C\CCCCCCCCCCC(=O)OCC(COC(=O)CCCCCCCCCCCCC)OC(=O)CCCCCCC/C=C\C/C=C\CCCCCC. The van der Waals surface area contributed by atoms with E-state index in [0.29, 0.717) is 19.3 Å². The van der Waals surface area contributed by atoms with Gasteiger partial charge in [-0.2, -0.15) is 0 Å². The molecule has 0 aliphatic heterocycles. The molecule has 78 heavy (non-hydrogen) atoms. The van der Waals surface area contributed by atoms with Crippen LogP contribution in [-0.2, 0) is 28.6 Å². The van der Waals surface area contributed by atoms with Crippen LogP contribution in [0, 0.1) is 0 Å². The molecule has 0 fully saturated rings. The Bertz CT molecular complexity index is 1620. The molecule has 0 radical (unpaired) electrons. The van der Waals surface area contributed by atoms with Gasteiger partial charge >= 0.3 is 17.9 Å². The summed E-state index contributed by atoms with van der Waals surface area (Å²) in [6, 6.07) is 0. The average Bonchev–Trinajstić information content (AvgIpc) is 3.44. The maximum Gasteiger partial charge on any atom is 0.306 e. The molecule has 6 nitrogen and oxygen atoms in total. The van der Waals surface area contributed by atoms with E-state index in [4.69, 9.17) is 14.2 Å². The van der Waals surface area contributed by atoms with E-state index < -0.39 is 6.10 Å². The van der Waals surface area contributed by atoms with Gasteiger partial charge < -0.3 is 14.2 Å². The molecule has 0 heterocycles. The molecule has 6 heteroatoms. The van der Waals surface area contributed by atoms with Gasteiger partial charge in [-0.25, -0.2) is 0 Å². The first-order chi connectivity index (χ1) is 38.5. The van der Waals surface area contributed by atoms with Crippen molar-refractivity contribution >= 4 is 17.9 Å². The summed E-state index contributed by atoms with van der Waals surface area (Å²) < 4.78 is 16.9. The normalized spacial score (nSPS) is 12.9. The molecule has 0 bridgehead atoms. The van der Waals surface area contributed by atoms with Gasteiger partial charge in [-0.05, 0) is 116 Å². The first-order valence-electron chi connectivity index (χ1n) is 32.5. The monoisotopic (exact) mass is 1080 g/mol. The molecule has 0 aliphatic rings. The van der Waals surface area contributed by atoms with Crippen molar-refractivity contribution < 1.29 is 28.6 Å². The zero-order chi connectivity index (χ0) is 56.4. The third-order valence-electron chi connectivity index (χ3n) is 13.7. The third-order valence-corrected chi connectivity index (χ3v) is 13.7. The summed E-state index contributed by atoms with van der Waals surface area (Å²) in [6.07, 6.45) is 90.6. The minimum Gasteiger partial charge on any atom is -0.462 e. The number of allylic oxidation sites excluding steroid dienone is 20. The standard InChI is InChI=1S/C72H120O6/c1-4-7-10-13-16-19-22-24-26-28-29-30-31-32-33-34-35-36-37-38-39-40-41-42-43-44-46-47-50-53-56-59-62-65-71(74)77-68-69(67-76-70(73)64-61-58-55-52-49-21-18-15-12-9-6-3)78-72(75)66-63-60-57-54-51-48-45-27-25-23-20-17-14-11-8-5-2/h7,10,16,19-20,23-24,26-27,29-30,32-33,35-36,38-39,41-42,45,69H,4-6,8-9,11-15,17-18,21-22,25,28,31,34,37,40,43-44,46-68H2,1-3H3/b10-7-,19-16-,23-20-,26-24-,30-29-,33-32-,36-35-,39-38-,42-41-,45-27-. The lowest BCUT2D eigenvalue weighted by atomic mass is 10.1. The van der Waals surface area contributed by atoms with Crippen molar-refractivity contribution in [2.45, 2.75) is 303 Å². The number of rotatable bonds is 58. The zero-order valence-electron chi connectivity index (χ0n) is 50.9. The smallest absolute Gasteiger partial charge is 0.306 e. The van der Waals surface area contributed by atoms with Crippen LogP contribution < -0.4 is 0 Å². The Labute approximate surface area is 482 Å². The summed E-state index contributed by atoms with van der Waals surface area (Å²) in [5.41, 5.74) is 0. The fourth-order valence-electron chi connectivity index (χ4n) is 8.84. The number of esters is 3. The number of hydrogen-bond acceptors (Lipinski definition) is 6. The number of ether oxygens (including phenoxy) is 3. The molecule has 1 atom stereocenters. The maximum atomic E-state index is 12.9. The van der Waals surface area contributed by atoms with Crippen molar-refractivity contribution in [1.82, 2.24) is 0 Å². The van der Waals surface area contributed by atoms with Crippen LogP contribution in [0.15, 0.2) is 122 Å². The highest BCUT2D eigenvalue weighted by atomic mass is 16.6. The number of carbonyl (C=O) groups is 3. The molecule has 0 saturated carbocycles. The van der Waals surface area contributed by atoms with Crippen molar-refractivity contribution in [2.75, 3.05) is 13.2 Å². The first kappa shape index (κ1) is 73.8. The van der Waals surface area contributed by atoms with Gasteiger partial charge in [0.1, 0.15) is 13.2 Å². The van der Waals surface area contributed by atoms with Crippen LogP contribution in [-0.4, -0.2) is 37.2 Å². The molecule has 0 aromatic carbocycles. The largest absolute Gasteiger partial charge is 0.462 e. The van der Waals surface area contributed by atoms with Gasteiger partial charge in [-0.1, -0.05) is 284 Å². The lowest BCUT2D eigenvalue weighted by molar-refractivity contribution is -0.167. The predicted molar refractivity (Wildman–Crippen MR) is 339 cm³/mol. The fraction of sp³-hybridized carbons (Fsp3) is 0.681. The quantitative estimate of drug-likeness (QED) is 0.0261. The Kier molecular flexibility index (Phi) is 61.8. The van der Waals surface area contributed by atoms with Gasteiger partial charge in [-0.3, -0.25) is 14.4 Å². The van der Waals surface area contributed by atoms with Crippen molar-refractivity contribution in [3.63, 3.8) is 0 Å². The average molecular weight is 1080 g/mol. The molecule has 0 saturated heterocycles. The summed E-state index contributed by atoms with van der Waals surface area (Å²) in [6.45, 7) is 6.49. The second-order valence-electron chi connectivity index (χ2n) is 21.3. The maximum absolute atomic E-state index is 12.9. The number of unbranched alkanes of at least 4 members (excludes halogenated alkanes) is 27. The van der Waals surface area contributed by atoms with Gasteiger partial charge in [-0.15, -0.1) is 0 Å². The van der Waals surface area contributed by atoms with Crippen LogP contribution in [0.3, 0.4) is 0 Å². The molecule has 0 aromatic heterocycles. The van der Waals surface area contributed by atoms with Gasteiger partial charge in [0.15, 0.2) is 6.10 Å². The van der Waals surface area contributed by atoms with E-state index in [9.17, 15) is 14.4 Å². The summed E-state index contributed by atoms with van der Waals surface area (Å²) in [5.74, 6) is -0.903. The Morgan fingerprint density at radius 3 is 0.795 bits per heavy atom. The van der Waals surface area contributed by atoms with E-state index in [1.807, 2.05) is 0 Å². The molecule has 0 amide bonds. The summed E-state index contributed by atoms with van der Waals surface area (Å²) in [5, 5.41) is 0. The Hall–Kier alpha value is -4.19. The minimum atomic E-state index is -0.789. The Morgan fingerprint density at radius 1 is 0.269 bits per heavy atom. The predicted octanol–water partition coefficient (Wildman–Crippen LogP) is 22.4. The van der Waals surface area contributed by atoms with Crippen LogP contribution in [0.25, 0.3) is 0 Å². The van der Waals surface area contributed by atoms with Crippen LogP contribution in [0.4, 0.5) is 0 Å². The van der Waals surface area contributed by atoms with E-state index in [2.05, 4.69) is 142 Å². The molecular formula is C72H120O6. The van der Waals surface area contributed by atoms with E-state index in [0.717, 1.165) is 141 Å². The third kappa shape index (κ3) is 62.7. The molecule has 0 aromatic rings. The summed E-state index contributed by atoms with van der Waals surface area (Å²) in [7, 11) is 0. The highest BCUT2D eigenvalue weighted by Gasteiger charge is 2.19. The molecule has 0 rings (SSSR count). The van der Waals surface area contributed by atoms with Crippen LogP contribution in [0.1, 0.15) is 297 Å². The molecule has 0 spiro atoms. The fourth-order valence-corrected chi connectivity index (χ4v) is 8.84. The highest BCUT2D eigenvalue weighted by Crippen LogP contribution is 2.15. The number of carbonyl (C=O) groups excluding carboxylic acids is 3. The van der Waals surface area contributed by atoms with E-state index in [1.54, 1.807) is 0 Å². The summed E-state index contributed by atoms with van der Waals surface area (Å²) in [4.78, 5) is 38.2. The highest BCUT2D eigenvalue weighted by molar-refractivity contribution is 5.71. The molecular weight excluding hydrogens is 961 g/mol.